The molecule has 130 valence electrons. The smallest absolute Gasteiger partial charge is 0.232 e. The highest BCUT2D eigenvalue weighted by Crippen LogP contribution is 2.20. The highest BCUT2D eigenvalue weighted by atomic mass is 32.2. The monoisotopic (exact) mass is 348 g/mol. The normalized spacial score (nSPS) is 24.4. The minimum absolute atomic E-state index is 0.0280. The van der Waals surface area contributed by atoms with Crippen molar-refractivity contribution >= 4 is 15.7 Å². The molecule has 5 nitrogen and oxygen atoms in total. The number of aromatic nitrogens is 1. The Balaban J connectivity index is 1.83. The number of sulfone groups is 1. The minimum Gasteiger partial charge on any atom is -0.274 e. The molecular formula is C18H24N2O3S. The first-order chi connectivity index (χ1) is 11.4. The highest BCUT2D eigenvalue weighted by molar-refractivity contribution is 7.94. The van der Waals surface area contributed by atoms with Crippen molar-refractivity contribution in [2.45, 2.75) is 51.5 Å². The molecule has 1 aliphatic carbocycles. The Morgan fingerprint density at radius 1 is 1.29 bits per heavy atom. The van der Waals surface area contributed by atoms with Crippen molar-refractivity contribution in [1.82, 2.24) is 4.57 Å². The van der Waals surface area contributed by atoms with Gasteiger partial charge in [0.15, 0.2) is 9.84 Å². The number of aryl methyl sites for hydroxylation is 1. The summed E-state index contributed by atoms with van der Waals surface area (Å²) in [5.41, 5.74) is 1.76. The molecule has 0 aromatic carbocycles. The van der Waals surface area contributed by atoms with Gasteiger partial charge in [0.1, 0.15) is 5.49 Å². The molecule has 1 fully saturated rings. The summed E-state index contributed by atoms with van der Waals surface area (Å²) in [7, 11) is -3.13. The fraction of sp³-hybridized carbons (Fsp3) is 0.556. The van der Waals surface area contributed by atoms with E-state index in [1.165, 1.54) is 24.7 Å². The van der Waals surface area contributed by atoms with Crippen LogP contribution in [0.2, 0.25) is 0 Å². The molecule has 2 heterocycles. The molecule has 1 unspecified atom stereocenters. The van der Waals surface area contributed by atoms with E-state index in [1.54, 1.807) is 16.8 Å². The van der Waals surface area contributed by atoms with Crippen LogP contribution in [0.3, 0.4) is 0 Å². The number of carbonyl (C=O) groups excluding carboxylic acids is 1. The second-order valence-electron chi connectivity index (χ2n) is 6.87. The summed E-state index contributed by atoms with van der Waals surface area (Å²) in [6.45, 7) is 1.99. The second kappa shape index (κ2) is 7.05. The van der Waals surface area contributed by atoms with Crippen LogP contribution in [0.15, 0.2) is 34.8 Å². The summed E-state index contributed by atoms with van der Waals surface area (Å²) in [5, 5.41) is 1.22. The van der Waals surface area contributed by atoms with Crippen LogP contribution in [0.4, 0.5) is 0 Å². The summed E-state index contributed by atoms with van der Waals surface area (Å²) in [5.74, 6) is -0.310. The lowest BCUT2D eigenvalue weighted by Crippen LogP contribution is -2.30. The molecule has 0 bridgehead atoms. The Morgan fingerprint density at radius 2 is 2.04 bits per heavy atom. The van der Waals surface area contributed by atoms with Crippen molar-refractivity contribution in [3.8, 4) is 0 Å². The SMILES string of the molecule is Cc1ccn(C(=O)CC2C=CS(=O)(=O)C2)c(=NC2CCCCC2)c1. The summed E-state index contributed by atoms with van der Waals surface area (Å²) >= 11 is 0. The Hall–Kier alpha value is -1.69. The number of allylic oxidation sites excluding steroid dienone is 1. The summed E-state index contributed by atoms with van der Waals surface area (Å²) in [4.78, 5) is 17.5. The molecule has 24 heavy (non-hydrogen) atoms. The number of hydrogen-bond donors (Lipinski definition) is 0. The van der Waals surface area contributed by atoms with Gasteiger partial charge in [0.25, 0.3) is 0 Å². The van der Waals surface area contributed by atoms with Crippen LogP contribution >= 0.6 is 0 Å². The Kier molecular flexibility index (Phi) is 5.04. The number of nitrogens with zero attached hydrogens (tertiary/aromatic N) is 2. The molecule has 1 aromatic heterocycles. The highest BCUT2D eigenvalue weighted by Gasteiger charge is 2.24. The topological polar surface area (TPSA) is 68.5 Å². The molecule has 0 N–H and O–H groups in total. The number of rotatable bonds is 3. The lowest BCUT2D eigenvalue weighted by molar-refractivity contribution is 0.0886. The molecule has 0 spiro atoms. The van der Waals surface area contributed by atoms with Gasteiger partial charge in [0.2, 0.25) is 5.91 Å². The molecule has 1 aliphatic heterocycles. The second-order valence-corrected chi connectivity index (χ2v) is 8.80. The van der Waals surface area contributed by atoms with Crippen LogP contribution in [0.1, 0.15) is 48.9 Å². The Labute approximate surface area is 143 Å². The molecule has 2 aliphatic rings. The van der Waals surface area contributed by atoms with E-state index in [-0.39, 0.29) is 30.0 Å². The third-order valence-electron chi connectivity index (χ3n) is 4.69. The van der Waals surface area contributed by atoms with E-state index in [4.69, 9.17) is 4.99 Å². The van der Waals surface area contributed by atoms with E-state index in [9.17, 15) is 13.2 Å². The summed E-state index contributed by atoms with van der Waals surface area (Å²) < 4.78 is 24.6. The van der Waals surface area contributed by atoms with Crippen LogP contribution in [-0.2, 0) is 9.84 Å². The van der Waals surface area contributed by atoms with Crippen LogP contribution in [-0.4, -0.2) is 30.7 Å². The van der Waals surface area contributed by atoms with Gasteiger partial charge in [-0.25, -0.2) is 8.42 Å². The molecule has 0 saturated heterocycles. The predicted octanol–water partition coefficient (Wildman–Crippen LogP) is 2.62. The molecule has 0 radical (unpaired) electrons. The average molecular weight is 348 g/mol. The maximum Gasteiger partial charge on any atom is 0.232 e. The Bertz CT molecular complexity index is 815. The van der Waals surface area contributed by atoms with Gasteiger partial charge >= 0.3 is 0 Å². The molecule has 1 atom stereocenters. The van der Waals surface area contributed by atoms with Crippen LogP contribution in [0.25, 0.3) is 0 Å². The largest absolute Gasteiger partial charge is 0.274 e. The Morgan fingerprint density at radius 3 is 2.71 bits per heavy atom. The van der Waals surface area contributed by atoms with Crippen molar-refractivity contribution in [3.63, 3.8) is 0 Å². The van der Waals surface area contributed by atoms with E-state index in [1.807, 2.05) is 19.1 Å². The van der Waals surface area contributed by atoms with Crippen LogP contribution < -0.4 is 5.49 Å². The zero-order chi connectivity index (χ0) is 17.2. The van der Waals surface area contributed by atoms with Gasteiger partial charge in [-0.2, -0.15) is 0 Å². The molecule has 3 rings (SSSR count). The van der Waals surface area contributed by atoms with Crippen molar-refractivity contribution in [2.24, 2.45) is 10.9 Å². The van der Waals surface area contributed by atoms with E-state index in [2.05, 4.69) is 0 Å². The van der Waals surface area contributed by atoms with Crippen LogP contribution in [0.5, 0.6) is 0 Å². The fourth-order valence-electron chi connectivity index (χ4n) is 3.39. The lowest BCUT2D eigenvalue weighted by atomic mass is 9.96. The van der Waals surface area contributed by atoms with Crippen molar-refractivity contribution < 1.29 is 13.2 Å². The molecule has 1 saturated carbocycles. The van der Waals surface area contributed by atoms with Gasteiger partial charge in [0.05, 0.1) is 11.8 Å². The van der Waals surface area contributed by atoms with Gasteiger partial charge < -0.3 is 0 Å². The zero-order valence-corrected chi connectivity index (χ0v) is 14.8. The van der Waals surface area contributed by atoms with Crippen molar-refractivity contribution in [1.29, 1.82) is 0 Å². The maximum absolute atomic E-state index is 12.7. The van der Waals surface area contributed by atoms with Gasteiger partial charge in [-0.05, 0) is 37.5 Å². The van der Waals surface area contributed by atoms with Gasteiger partial charge in [-0.3, -0.25) is 14.4 Å². The molecule has 0 amide bonds. The fourth-order valence-corrected chi connectivity index (χ4v) is 4.79. The van der Waals surface area contributed by atoms with E-state index >= 15 is 0 Å². The number of pyridine rings is 1. The predicted molar refractivity (Wildman–Crippen MR) is 93.3 cm³/mol. The summed E-state index contributed by atoms with van der Waals surface area (Å²) in [6, 6.07) is 4.11. The first-order valence-electron chi connectivity index (χ1n) is 8.60. The first kappa shape index (κ1) is 17.1. The van der Waals surface area contributed by atoms with Gasteiger partial charge in [-0.15, -0.1) is 0 Å². The quantitative estimate of drug-likeness (QED) is 0.843. The number of hydrogen-bond acceptors (Lipinski definition) is 4. The van der Waals surface area contributed by atoms with E-state index in [0.717, 1.165) is 18.4 Å². The van der Waals surface area contributed by atoms with Crippen molar-refractivity contribution in [3.05, 3.63) is 40.9 Å². The number of carbonyl (C=O) groups is 1. The molecule has 6 heteroatoms. The first-order valence-corrected chi connectivity index (χ1v) is 10.3. The van der Waals surface area contributed by atoms with Gasteiger partial charge in [-0.1, -0.05) is 25.3 Å². The maximum atomic E-state index is 12.7. The molecular weight excluding hydrogens is 324 g/mol. The summed E-state index contributed by atoms with van der Waals surface area (Å²) in [6.07, 6.45) is 9.37. The minimum atomic E-state index is -3.13. The average Bonchev–Trinajstić information content (AvgIpc) is 2.87. The molecule has 1 aromatic rings. The standard InChI is InChI=1S/C18H24N2O3S/c1-14-7-9-20(17(11-14)19-16-5-3-2-4-6-16)18(21)12-15-8-10-24(22,23)13-15/h7-11,15-16H,2-6,12-13H2,1H3. The van der Waals surface area contributed by atoms with E-state index in [0.29, 0.717) is 5.49 Å². The van der Waals surface area contributed by atoms with Crippen molar-refractivity contribution in [2.75, 3.05) is 5.75 Å². The van der Waals surface area contributed by atoms with Crippen LogP contribution in [0, 0.1) is 12.8 Å². The third kappa shape index (κ3) is 4.23. The zero-order valence-electron chi connectivity index (χ0n) is 14.0. The lowest BCUT2D eigenvalue weighted by Gasteiger charge is -2.18. The van der Waals surface area contributed by atoms with E-state index < -0.39 is 9.84 Å². The van der Waals surface area contributed by atoms with Gasteiger partial charge in [0, 0.05) is 23.9 Å². The third-order valence-corrected chi connectivity index (χ3v) is 6.15.